The van der Waals surface area contributed by atoms with E-state index in [9.17, 15) is 13.2 Å². The van der Waals surface area contributed by atoms with Crippen molar-refractivity contribution in [1.29, 1.82) is 0 Å². The molecule has 0 aromatic rings. The van der Waals surface area contributed by atoms with Gasteiger partial charge in [-0.2, -0.15) is 0 Å². The Morgan fingerprint density at radius 1 is 1.28 bits per heavy atom. The number of nitrogens with zero attached hydrogens (tertiary/aromatic N) is 2. The van der Waals surface area contributed by atoms with Crippen molar-refractivity contribution in [3.8, 4) is 0 Å². The first-order chi connectivity index (χ1) is 8.41. The van der Waals surface area contributed by atoms with E-state index in [0.29, 0.717) is 12.8 Å². The summed E-state index contributed by atoms with van der Waals surface area (Å²) >= 11 is 0. The highest BCUT2D eigenvalue weighted by Crippen LogP contribution is 2.43. The van der Waals surface area contributed by atoms with Crippen molar-refractivity contribution in [3.05, 3.63) is 0 Å². The van der Waals surface area contributed by atoms with Crippen LogP contribution in [0.1, 0.15) is 19.3 Å². The van der Waals surface area contributed by atoms with Crippen molar-refractivity contribution >= 4 is 21.6 Å². The number of carbonyl (C=O) groups is 1. The highest BCUT2D eigenvalue weighted by Gasteiger charge is 2.50. The number of amidine groups is 1. The second-order valence-corrected chi connectivity index (χ2v) is 7.17. The fourth-order valence-electron chi connectivity index (χ4n) is 2.42. The highest BCUT2D eigenvalue weighted by atomic mass is 32.2. The number of hydrogen-bond acceptors (Lipinski definition) is 5. The predicted molar refractivity (Wildman–Crippen MR) is 64.9 cm³/mol. The molecule has 1 aliphatic carbocycles. The van der Waals surface area contributed by atoms with Gasteiger partial charge in [0, 0.05) is 13.1 Å². The van der Waals surface area contributed by atoms with Crippen LogP contribution in [0.4, 0.5) is 0 Å². The molecule has 1 aliphatic heterocycles. The Morgan fingerprint density at radius 3 is 2.22 bits per heavy atom. The number of oxime groups is 1. The molecule has 0 spiro atoms. The van der Waals surface area contributed by atoms with Crippen molar-refractivity contribution in [2.45, 2.75) is 19.3 Å². The Labute approximate surface area is 106 Å². The van der Waals surface area contributed by atoms with Gasteiger partial charge in [-0.15, -0.1) is 0 Å². The molecule has 2 aliphatic rings. The van der Waals surface area contributed by atoms with Gasteiger partial charge in [0.05, 0.1) is 11.5 Å². The average molecular weight is 275 g/mol. The standard InChI is InChI=1S/C10H17N3O4S/c11-8(12-15)10(2-1-3-10)9(14)13-4-6-18(16,17)7-5-13/h15H,1-7H2,(H2,11,12). The van der Waals surface area contributed by atoms with E-state index in [2.05, 4.69) is 5.16 Å². The molecule has 3 N–H and O–H groups in total. The molecule has 0 atom stereocenters. The third-order valence-corrected chi connectivity index (χ3v) is 5.46. The van der Waals surface area contributed by atoms with Gasteiger partial charge in [0.25, 0.3) is 0 Å². The topological polar surface area (TPSA) is 113 Å². The zero-order valence-corrected chi connectivity index (χ0v) is 10.8. The minimum Gasteiger partial charge on any atom is -0.409 e. The number of hydrogen-bond donors (Lipinski definition) is 2. The van der Waals surface area contributed by atoms with E-state index in [1.807, 2.05) is 0 Å². The molecular weight excluding hydrogens is 258 g/mol. The van der Waals surface area contributed by atoms with E-state index >= 15 is 0 Å². The monoisotopic (exact) mass is 275 g/mol. The first-order valence-electron chi connectivity index (χ1n) is 5.89. The van der Waals surface area contributed by atoms with Crippen molar-refractivity contribution in [3.63, 3.8) is 0 Å². The van der Waals surface area contributed by atoms with Gasteiger partial charge in [0.2, 0.25) is 5.91 Å². The molecule has 0 radical (unpaired) electrons. The fraction of sp³-hybridized carbons (Fsp3) is 0.800. The molecule has 1 saturated carbocycles. The van der Waals surface area contributed by atoms with Crippen molar-refractivity contribution in [1.82, 2.24) is 4.90 Å². The molecule has 102 valence electrons. The van der Waals surface area contributed by atoms with Crippen molar-refractivity contribution < 1.29 is 18.4 Å². The molecule has 8 heteroatoms. The molecule has 2 fully saturated rings. The maximum Gasteiger partial charge on any atom is 0.236 e. The van der Waals surface area contributed by atoms with Crippen molar-refractivity contribution in [2.75, 3.05) is 24.6 Å². The highest BCUT2D eigenvalue weighted by molar-refractivity contribution is 7.91. The summed E-state index contributed by atoms with van der Waals surface area (Å²) in [5, 5.41) is 11.7. The maximum atomic E-state index is 12.4. The molecule has 7 nitrogen and oxygen atoms in total. The summed E-state index contributed by atoms with van der Waals surface area (Å²) in [7, 11) is -3.01. The zero-order chi connectivity index (χ0) is 13.4. The molecule has 1 saturated heterocycles. The maximum absolute atomic E-state index is 12.4. The van der Waals surface area contributed by atoms with Crippen LogP contribution in [0.2, 0.25) is 0 Å². The SMILES string of the molecule is NC(=NO)C1(C(=O)N2CCS(=O)(=O)CC2)CCC1. The summed E-state index contributed by atoms with van der Waals surface area (Å²) < 4.78 is 22.6. The lowest BCUT2D eigenvalue weighted by Gasteiger charge is -2.43. The summed E-state index contributed by atoms with van der Waals surface area (Å²) in [4.78, 5) is 13.9. The van der Waals surface area contributed by atoms with E-state index in [4.69, 9.17) is 10.9 Å². The van der Waals surface area contributed by atoms with E-state index < -0.39 is 15.3 Å². The summed E-state index contributed by atoms with van der Waals surface area (Å²) in [5.41, 5.74) is 4.70. The van der Waals surface area contributed by atoms with Crippen LogP contribution in [-0.2, 0) is 14.6 Å². The minimum atomic E-state index is -3.01. The molecule has 0 aromatic heterocycles. The lowest BCUT2D eigenvalue weighted by Crippen LogP contribution is -2.57. The third-order valence-electron chi connectivity index (χ3n) is 3.85. The molecule has 0 bridgehead atoms. The second kappa shape index (κ2) is 4.42. The first kappa shape index (κ1) is 13.1. The Morgan fingerprint density at radius 2 is 1.83 bits per heavy atom. The summed E-state index contributed by atoms with van der Waals surface area (Å²) in [6.45, 7) is 0.392. The van der Waals surface area contributed by atoms with E-state index in [1.54, 1.807) is 0 Å². The van der Waals surface area contributed by atoms with E-state index in [1.165, 1.54) is 4.90 Å². The Kier molecular flexibility index (Phi) is 3.22. The van der Waals surface area contributed by atoms with Crippen LogP contribution in [0.5, 0.6) is 0 Å². The van der Waals surface area contributed by atoms with Crippen LogP contribution >= 0.6 is 0 Å². The minimum absolute atomic E-state index is 0.00894. The van der Waals surface area contributed by atoms with Crippen LogP contribution in [0, 0.1) is 5.41 Å². The average Bonchev–Trinajstić information content (AvgIpc) is 2.27. The van der Waals surface area contributed by atoms with Gasteiger partial charge in [-0.3, -0.25) is 4.79 Å². The van der Waals surface area contributed by atoms with Crippen LogP contribution in [-0.4, -0.2) is 54.9 Å². The van der Waals surface area contributed by atoms with Crippen LogP contribution in [0.25, 0.3) is 0 Å². The lowest BCUT2D eigenvalue weighted by molar-refractivity contribution is -0.141. The van der Waals surface area contributed by atoms with E-state index in [-0.39, 0.29) is 36.3 Å². The van der Waals surface area contributed by atoms with Gasteiger partial charge < -0.3 is 15.8 Å². The predicted octanol–water partition coefficient (Wildman–Crippen LogP) is -0.840. The number of nitrogens with two attached hydrogens (primary N) is 1. The zero-order valence-electron chi connectivity index (χ0n) is 10.0. The van der Waals surface area contributed by atoms with Gasteiger partial charge in [0.1, 0.15) is 5.41 Å². The fourth-order valence-corrected chi connectivity index (χ4v) is 3.63. The van der Waals surface area contributed by atoms with Gasteiger partial charge in [-0.1, -0.05) is 11.6 Å². The van der Waals surface area contributed by atoms with Crippen LogP contribution < -0.4 is 5.73 Å². The first-order valence-corrected chi connectivity index (χ1v) is 7.71. The molecule has 2 rings (SSSR count). The largest absolute Gasteiger partial charge is 0.409 e. The normalized spacial score (nSPS) is 26.4. The summed E-state index contributed by atoms with van der Waals surface area (Å²) in [5.74, 6) is -0.290. The molecular formula is C10H17N3O4S. The van der Waals surface area contributed by atoms with Gasteiger partial charge in [-0.05, 0) is 12.8 Å². The number of carbonyl (C=O) groups excluding carboxylic acids is 1. The Bertz CT molecular complexity index is 467. The summed E-state index contributed by atoms with van der Waals surface area (Å²) in [6, 6.07) is 0. The third kappa shape index (κ3) is 2.05. The van der Waals surface area contributed by atoms with Crippen LogP contribution in [0.3, 0.4) is 0 Å². The molecule has 1 heterocycles. The van der Waals surface area contributed by atoms with Gasteiger partial charge in [0.15, 0.2) is 15.7 Å². The Hall–Kier alpha value is -1.31. The molecule has 0 unspecified atom stereocenters. The molecule has 18 heavy (non-hydrogen) atoms. The number of sulfone groups is 1. The lowest BCUT2D eigenvalue weighted by atomic mass is 9.67. The Balaban J connectivity index is 2.12. The molecule has 1 amide bonds. The van der Waals surface area contributed by atoms with E-state index in [0.717, 1.165) is 6.42 Å². The summed E-state index contributed by atoms with van der Waals surface area (Å²) in [6.07, 6.45) is 1.98. The van der Waals surface area contributed by atoms with Crippen LogP contribution in [0.15, 0.2) is 5.16 Å². The quantitative estimate of drug-likeness (QED) is 0.295. The van der Waals surface area contributed by atoms with Gasteiger partial charge in [-0.25, -0.2) is 8.42 Å². The second-order valence-electron chi connectivity index (χ2n) is 4.86. The molecule has 0 aromatic carbocycles. The number of rotatable bonds is 2. The number of amides is 1. The smallest absolute Gasteiger partial charge is 0.236 e. The van der Waals surface area contributed by atoms with Gasteiger partial charge >= 0.3 is 0 Å². The van der Waals surface area contributed by atoms with Crippen molar-refractivity contribution in [2.24, 2.45) is 16.3 Å².